The van der Waals surface area contributed by atoms with E-state index in [-0.39, 0.29) is 5.92 Å². The molecule has 0 aromatic carbocycles. The van der Waals surface area contributed by atoms with Crippen molar-refractivity contribution in [3.05, 3.63) is 0 Å². The van der Waals surface area contributed by atoms with Gasteiger partial charge >= 0.3 is 0 Å². The predicted octanol–water partition coefficient (Wildman–Crippen LogP) is 3.26. The first-order chi connectivity index (χ1) is 9.15. The maximum atomic E-state index is 12.5. The number of unbranched alkanes of at least 4 members (excludes halogenated alkanes) is 2. The Kier molecular flexibility index (Phi) is 8.03. The summed E-state index contributed by atoms with van der Waals surface area (Å²) in [7, 11) is 0. The molecule has 1 saturated carbocycles. The minimum Gasteiger partial charge on any atom is -0.393 e. The molecule has 1 aliphatic carbocycles. The van der Waals surface area contributed by atoms with Crippen molar-refractivity contribution >= 4 is 23.1 Å². The standard InChI is InChI=1S/C15H28N2OS/c1-2-3-7-11-17(12-10-14(16)19)15(18)13-8-5-4-6-9-13/h13H,2-12H2,1H3,(H2,16,19). The van der Waals surface area contributed by atoms with Gasteiger partial charge in [-0.3, -0.25) is 4.79 Å². The fourth-order valence-corrected chi connectivity index (χ4v) is 2.83. The molecule has 0 saturated heterocycles. The summed E-state index contributed by atoms with van der Waals surface area (Å²) in [5.74, 6) is 0.591. The molecular formula is C15H28N2OS. The van der Waals surface area contributed by atoms with E-state index in [0.29, 0.717) is 23.9 Å². The Morgan fingerprint density at radius 1 is 1.21 bits per heavy atom. The fraction of sp³-hybridized carbons (Fsp3) is 0.867. The number of nitrogens with two attached hydrogens (primary N) is 1. The molecule has 1 aliphatic rings. The number of hydrogen-bond donors (Lipinski definition) is 1. The molecule has 1 fully saturated rings. The SMILES string of the molecule is CCCCCN(CCC(N)=S)C(=O)C1CCCCC1. The average molecular weight is 284 g/mol. The number of nitrogens with zero attached hydrogens (tertiary/aromatic N) is 1. The Hall–Kier alpha value is -0.640. The Labute approximate surface area is 122 Å². The van der Waals surface area contributed by atoms with Gasteiger partial charge in [-0.05, 0) is 19.3 Å². The molecule has 1 rings (SSSR count). The third-order valence-corrected chi connectivity index (χ3v) is 4.13. The number of rotatable bonds is 8. The van der Waals surface area contributed by atoms with E-state index in [1.54, 1.807) is 0 Å². The molecular weight excluding hydrogens is 256 g/mol. The van der Waals surface area contributed by atoms with Gasteiger partial charge in [-0.1, -0.05) is 51.2 Å². The number of thiocarbonyl (C=S) groups is 1. The van der Waals surface area contributed by atoms with E-state index in [1.165, 1.54) is 32.1 Å². The van der Waals surface area contributed by atoms with Crippen LogP contribution < -0.4 is 5.73 Å². The molecule has 0 spiro atoms. The molecule has 19 heavy (non-hydrogen) atoms. The molecule has 4 heteroatoms. The summed E-state index contributed by atoms with van der Waals surface area (Å²) in [4.78, 5) is 15.1. The summed E-state index contributed by atoms with van der Waals surface area (Å²) >= 11 is 4.93. The average Bonchev–Trinajstić information content (AvgIpc) is 2.42. The van der Waals surface area contributed by atoms with Crippen LogP contribution in [0.25, 0.3) is 0 Å². The van der Waals surface area contributed by atoms with E-state index in [0.717, 1.165) is 25.8 Å². The maximum Gasteiger partial charge on any atom is 0.225 e. The second-order valence-corrected chi connectivity index (χ2v) is 6.11. The quantitative estimate of drug-likeness (QED) is 0.550. The minimum atomic E-state index is 0.252. The van der Waals surface area contributed by atoms with Crippen molar-refractivity contribution < 1.29 is 4.79 Å². The van der Waals surface area contributed by atoms with Crippen LogP contribution in [0.3, 0.4) is 0 Å². The smallest absolute Gasteiger partial charge is 0.225 e. The lowest BCUT2D eigenvalue weighted by molar-refractivity contribution is -0.136. The Morgan fingerprint density at radius 3 is 2.47 bits per heavy atom. The van der Waals surface area contributed by atoms with Crippen LogP contribution in [-0.4, -0.2) is 28.9 Å². The van der Waals surface area contributed by atoms with Crippen molar-refractivity contribution in [1.29, 1.82) is 0 Å². The fourth-order valence-electron chi connectivity index (χ4n) is 2.74. The highest BCUT2D eigenvalue weighted by Crippen LogP contribution is 2.25. The second-order valence-electron chi connectivity index (χ2n) is 5.58. The normalized spacial score (nSPS) is 16.3. The molecule has 0 radical (unpaired) electrons. The van der Waals surface area contributed by atoms with E-state index in [2.05, 4.69) is 6.92 Å². The zero-order valence-electron chi connectivity index (χ0n) is 12.2. The van der Waals surface area contributed by atoms with Gasteiger partial charge in [0, 0.05) is 25.4 Å². The molecule has 3 nitrogen and oxygen atoms in total. The predicted molar refractivity (Wildman–Crippen MR) is 84.1 cm³/mol. The lowest BCUT2D eigenvalue weighted by atomic mass is 9.88. The highest BCUT2D eigenvalue weighted by atomic mass is 32.1. The highest BCUT2D eigenvalue weighted by Gasteiger charge is 2.25. The third-order valence-electron chi connectivity index (χ3n) is 3.93. The van der Waals surface area contributed by atoms with Crippen LogP contribution >= 0.6 is 12.2 Å². The Balaban J connectivity index is 2.48. The molecule has 0 unspecified atom stereocenters. The first kappa shape index (κ1) is 16.4. The minimum absolute atomic E-state index is 0.252. The lowest BCUT2D eigenvalue weighted by Crippen LogP contribution is -2.39. The van der Waals surface area contributed by atoms with Crippen molar-refractivity contribution in [2.75, 3.05) is 13.1 Å². The molecule has 0 aliphatic heterocycles. The molecule has 0 aromatic heterocycles. The van der Waals surface area contributed by atoms with Crippen LogP contribution in [0.5, 0.6) is 0 Å². The zero-order valence-corrected chi connectivity index (χ0v) is 13.0. The number of amides is 1. The van der Waals surface area contributed by atoms with Crippen molar-refractivity contribution in [3.8, 4) is 0 Å². The Bertz CT molecular complexity index is 288. The van der Waals surface area contributed by atoms with E-state index < -0.39 is 0 Å². The van der Waals surface area contributed by atoms with Crippen molar-refractivity contribution in [2.45, 2.75) is 64.7 Å². The van der Waals surface area contributed by atoms with Gasteiger partial charge in [0.25, 0.3) is 0 Å². The highest BCUT2D eigenvalue weighted by molar-refractivity contribution is 7.80. The van der Waals surface area contributed by atoms with Crippen LogP contribution in [0.2, 0.25) is 0 Å². The molecule has 0 bridgehead atoms. The van der Waals surface area contributed by atoms with Crippen molar-refractivity contribution in [2.24, 2.45) is 11.7 Å². The van der Waals surface area contributed by atoms with E-state index >= 15 is 0 Å². The summed E-state index contributed by atoms with van der Waals surface area (Å²) in [6.07, 6.45) is 9.93. The van der Waals surface area contributed by atoms with Crippen LogP contribution in [-0.2, 0) is 4.79 Å². The summed E-state index contributed by atoms with van der Waals surface area (Å²) in [5.41, 5.74) is 5.57. The Morgan fingerprint density at radius 2 is 1.89 bits per heavy atom. The first-order valence-corrected chi connectivity index (χ1v) is 8.13. The van der Waals surface area contributed by atoms with E-state index in [4.69, 9.17) is 18.0 Å². The van der Waals surface area contributed by atoms with E-state index in [9.17, 15) is 4.79 Å². The lowest BCUT2D eigenvalue weighted by Gasteiger charge is -2.29. The third kappa shape index (κ3) is 6.37. The van der Waals surface area contributed by atoms with Crippen molar-refractivity contribution in [3.63, 3.8) is 0 Å². The van der Waals surface area contributed by atoms with Crippen LogP contribution in [0.15, 0.2) is 0 Å². The number of hydrogen-bond acceptors (Lipinski definition) is 2. The van der Waals surface area contributed by atoms with Crippen LogP contribution in [0.4, 0.5) is 0 Å². The van der Waals surface area contributed by atoms with Gasteiger partial charge in [-0.25, -0.2) is 0 Å². The van der Waals surface area contributed by atoms with Crippen LogP contribution in [0, 0.1) is 5.92 Å². The maximum absolute atomic E-state index is 12.5. The summed E-state index contributed by atoms with van der Waals surface area (Å²) < 4.78 is 0. The monoisotopic (exact) mass is 284 g/mol. The number of carbonyl (C=O) groups excluding carboxylic acids is 1. The summed E-state index contributed by atoms with van der Waals surface area (Å²) in [5, 5.41) is 0. The molecule has 0 atom stereocenters. The van der Waals surface area contributed by atoms with Gasteiger partial charge < -0.3 is 10.6 Å². The van der Waals surface area contributed by atoms with Gasteiger partial charge in [0.15, 0.2) is 0 Å². The van der Waals surface area contributed by atoms with Gasteiger partial charge in [0.2, 0.25) is 5.91 Å². The molecule has 1 amide bonds. The van der Waals surface area contributed by atoms with Gasteiger partial charge in [-0.2, -0.15) is 0 Å². The molecule has 2 N–H and O–H groups in total. The summed E-state index contributed by atoms with van der Waals surface area (Å²) in [6.45, 7) is 3.75. The van der Waals surface area contributed by atoms with Crippen LogP contribution in [0.1, 0.15) is 64.7 Å². The zero-order chi connectivity index (χ0) is 14.1. The topological polar surface area (TPSA) is 46.3 Å². The molecule has 0 heterocycles. The second kappa shape index (κ2) is 9.29. The number of carbonyl (C=O) groups is 1. The molecule has 110 valence electrons. The first-order valence-electron chi connectivity index (χ1n) is 7.72. The summed E-state index contributed by atoms with van der Waals surface area (Å²) in [6, 6.07) is 0. The van der Waals surface area contributed by atoms with Gasteiger partial charge in [0.05, 0.1) is 4.99 Å². The van der Waals surface area contributed by atoms with Gasteiger partial charge in [-0.15, -0.1) is 0 Å². The van der Waals surface area contributed by atoms with Gasteiger partial charge in [0.1, 0.15) is 0 Å². The largest absolute Gasteiger partial charge is 0.393 e. The van der Waals surface area contributed by atoms with E-state index in [1.807, 2.05) is 4.90 Å². The van der Waals surface area contributed by atoms with Crippen molar-refractivity contribution in [1.82, 2.24) is 4.90 Å². The molecule has 0 aromatic rings.